The Morgan fingerprint density at radius 3 is 2.64 bits per heavy atom. The SMILES string of the molecule is O=S(=O)(c1ccccc1)n1cc(-c2nc(-c3cccc([C@]4(O)COc5cccnc54)c3)cs2)c2cccnc21. The Kier molecular flexibility index (Phi) is 5.37. The highest BCUT2D eigenvalue weighted by molar-refractivity contribution is 7.90. The second kappa shape index (κ2) is 8.84. The van der Waals surface area contributed by atoms with Crippen LogP contribution in [0, 0.1) is 0 Å². The summed E-state index contributed by atoms with van der Waals surface area (Å²) >= 11 is 1.41. The van der Waals surface area contributed by atoms with Gasteiger partial charge in [-0.25, -0.2) is 22.4 Å². The topological polar surface area (TPSA) is 107 Å². The van der Waals surface area contributed by atoms with E-state index in [2.05, 4.69) is 9.97 Å². The molecule has 5 heterocycles. The van der Waals surface area contributed by atoms with Gasteiger partial charge in [-0.05, 0) is 48.0 Å². The van der Waals surface area contributed by atoms with Crippen LogP contribution >= 0.6 is 11.3 Å². The van der Waals surface area contributed by atoms with E-state index in [4.69, 9.17) is 9.72 Å². The average Bonchev–Trinajstić information content (AvgIpc) is 3.70. The molecule has 0 unspecified atom stereocenters. The lowest BCUT2D eigenvalue weighted by molar-refractivity contribution is 0.0532. The van der Waals surface area contributed by atoms with Crippen LogP contribution in [0.25, 0.3) is 32.9 Å². The number of aliphatic hydroxyl groups is 1. The van der Waals surface area contributed by atoms with Gasteiger partial charge < -0.3 is 9.84 Å². The third-order valence-corrected chi connectivity index (χ3v) is 9.34. The summed E-state index contributed by atoms with van der Waals surface area (Å²) in [5, 5.41) is 14.8. The van der Waals surface area contributed by atoms with Crippen LogP contribution in [0.3, 0.4) is 0 Å². The Balaban J connectivity index is 1.30. The fraction of sp³-hybridized carbons (Fsp3) is 0.0690. The highest BCUT2D eigenvalue weighted by atomic mass is 32.2. The van der Waals surface area contributed by atoms with Gasteiger partial charge in [-0.2, -0.15) is 0 Å². The van der Waals surface area contributed by atoms with Gasteiger partial charge in [0.05, 0.1) is 10.6 Å². The quantitative estimate of drug-likeness (QED) is 0.318. The molecular weight excluding hydrogens is 532 g/mol. The first kappa shape index (κ1) is 23.7. The zero-order chi connectivity index (χ0) is 26.6. The summed E-state index contributed by atoms with van der Waals surface area (Å²) in [6.07, 6.45) is 4.80. The monoisotopic (exact) mass is 552 g/mol. The van der Waals surface area contributed by atoms with E-state index in [-0.39, 0.29) is 11.5 Å². The average molecular weight is 553 g/mol. The van der Waals surface area contributed by atoms with Crippen molar-refractivity contribution in [3.05, 3.63) is 114 Å². The van der Waals surface area contributed by atoms with Crippen LogP contribution in [0.1, 0.15) is 11.3 Å². The summed E-state index contributed by atoms with van der Waals surface area (Å²) in [5.74, 6) is 0.566. The van der Waals surface area contributed by atoms with Gasteiger partial charge in [0, 0.05) is 40.5 Å². The molecule has 39 heavy (non-hydrogen) atoms. The van der Waals surface area contributed by atoms with Crippen LogP contribution in [0.5, 0.6) is 5.75 Å². The van der Waals surface area contributed by atoms with Gasteiger partial charge in [0.25, 0.3) is 10.0 Å². The third kappa shape index (κ3) is 3.75. The summed E-state index contributed by atoms with van der Waals surface area (Å²) < 4.78 is 33.8. The zero-order valence-electron chi connectivity index (χ0n) is 20.3. The molecule has 1 atom stereocenters. The molecule has 8 nitrogen and oxygen atoms in total. The fourth-order valence-corrected chi connectivity index (χ4v) is 7.04. The van der Waals surface area contributed by atoms with Gasteiger partial charge in [-0.15, -0.1) is 11.3 Å². The number of nitrogens with zero attached hydrogens (tertiary/aromatic N) is 4. The molecule has 1 aliphatic heterocycles. The van der Waals surface area contributed by atoms with Crippen molar-refractivity contribution in [3.63, 3.8) is 0 Å². The molecule has 0 fully saturated rings. The maximum atomic E-state index is 13.5. The number of hydrogen-bond acceptors (Lipinski definition) is 8. The highest BCUT2D eigenvalue weighted by Crippen LogP contribution is 2.41. The number of thiazole rings is 1. The molecule has 0 saturated heterocycles. The number of rotatable bonds is 5. The molecule has 0 bridgehead atoms. The van der Waals surface area contributed by atoms with Gasteiger partial charge in [-0.1, -0.05) is 36.4 Å². The maximum absolute atomic E-state index is 13.5. The van der Waals surface area contributed by atoms with Gasteiger partial charge >= 0.3 is 0 Å². The Labute approximate surface area is 227 Å². The molecule has 0 saturated carbocycles. The molecule has 10 heteroatoms. The molecule has 6 aromatic rings. The van der Waals surface area contributed by atoms with Crippen LogP contribution < -0.4 is 4.74 Å². The summed E-state index contributed by atoms with van der Waals surface area (Å²) in [4.78, 5) is 13.8. The van der Waals surface area contributed by atoms with E-state index in [1.54, 1.807) is 67.1 Å². The lowest BCUT2D eigenvalue weighted by Gasteiger charge is -2.21. The summed E-state index contributed by atoms with van der Waals surface area (Å²) in [6.45, 7) is 0.0769. The van der Waals surface area contributed by atoms with E-state index in [0.29, 0.717) is 44.3 Å². The van der Waals surface area contributed by atoms with Crippen molar-refractivity contribution in [2.75, 3.05) is 6.61 Å². The fourth-order valence-electron chi connectivity index (χ4n) is 4.84. The predicted molar refractivity (Wildman–Crippen MR) is 148 cm³/mol. The van der Waals surface area contributed by atoms with Gasteiger partial charge in [0.2, 0.25) is 0 Å². The Morgan fingerprint density at radius 1 is 0.949 bits per heavy atom. The van der Waals surface area contributed by atoms with E-state index in [0.717, 1.165) is 5.56 Å². The van der Waals surface area contributed by atoms with Crippen LogP contribution in [-0.2, 0) is 15.6 Å². The molecule has 0 spiro atoms. The van der Waals surface area contributed by atoms with Crippen LogP contribution in [0.15, 0.2) is 108 Å². The minimum Gasteiger partial charge on any atom is -0.488 e. The van der Waals surface area contributed by atoms with E-state index in [1.165, 1.54) is 15.3 Å². The number of benzene rings is 2. The Bertz CT molecular complexity index is 1970. The van der Waals surface area contributed by atoms with Crippen molar-refractivity contribution >= 4 is 32.4 Å². The van der Waals surface area contributed by atoms with Crippen LogP contribution in [0.2, 0.25) is 0 Å². The first-order chi connectivity index (χ1) is 18.9. The third-order valence-electron chi connectivity index (χ3n) is 6.80. The summed E-state index contributed by atoms with van der Waals surface area (Å²) in [5.41, 5.74) is 2.30. The van der Waals surface area contributed by atoms with Crippen LogP contribution in [0.4, 0.5) is 0 Å². The van der Waals surface area contributed by atoms with E-state index >= 15 is 0 Å². The standard InChI is InChI=1S/C29H20N4O4S2/c34-29(18-37-25-12-6-13-30-26(25)29)20-8-4-7-19(15-20)24-17-38-28(32-24)23-16-33(27-22(23)11-5-14-31-27)39(35,36)21-9-2-1-3-10-21/h1-17,34H,18H2/t29-/m1/s1. The van der Waals surface area contributed by atoms with Crippen molar-refractivity contribution in [3.8, 4) is 27.6 Å². The van der Waals surface area contributed by atoms with Crippen molar-refractivity contribution in [1.29, 1.82) is 0 Å². The lowest BCUT2D eigenvalue weighted by Crippen LogP contribution is -2.29. The van der Waals surface area contributed by atoms with E-state index in [9.17, 15) is 13.5 Å². The van der Waals surface area contributed by atoms with Crippen molar-refractivity contribution < 1.29 is 18.3 Å². The second-order valence-electron chi connectivity index (χ2n) is 9.15. The number of ether oxygens (including phenoxy) is 1. The minimum absolute atomic E-state index is 0.0769. The molecule has 1 aliphatic rings. The van der Waals surface area contributed by atoms with E-state index < -0.39 is 15.6 Å². The number of fused-ring (bicyclic) bond motifs is 2. The molecule has 1 N–H and O–H groups in total. The molecule has 0 aliphatic carbocycles. The van der Waals surface area contributed by atoms with Gasteiger partial charge in [0.15, 0.2) is 11.2 Å². The predicted octanol–water partition coefficient (Wildman–Crippen LogP) is 5.09. The largest absolute Gasteiger partial charge is 0.488 e. The normalized spacial score (nSPS) is 16.7. The number of aromatic nitrogens is 4. The van der Waals surface area contributed by atoms with E-state index in [1.807, 2.05) is 35.7 Å². The minimum atomic E-state index is -3.86. The smallest absolute Gasteiger partial charge is 0.269 e. The molecule has 0 amide bonds. The molecule has 7 rings (SSSR count). The van der Waals surface area contributed by atoms with Gasteiger partial charge in [-0.3, -0.25) is 4.98 Å². The molecule has 4 aromatic heterocycles. The molecule has 0 radical (unpaired) electrons. The summed E-state index contributed by atoms with van der Waals surface area (Å²) in [6, 6.07) is 23.0. The van der Waals surface area contributed by atoms with Crippen molar-refractivity contribution in [2.24, 2.45) is 0 Å². The van der Waals surface area contributed by atoms with Crippen molar-refractivity contribution in [2.45, 2.75) is 10.5 Å². The van der Waals surface area contributed by atoms with Crippen LogP contribution in [-0.4, -0.2) is 39.1 Å². The highest BCUT2D eigenvalue weighted by Gasteiger charge is 2.42. The zero-order valence-corrected chi connectivity index (χ0v) is 21.9. The number of pyridine rings is 2. The molecular formula is C29H20N4O4S2. The Morgan fingerprint density at radius 2 is 1.77 bits per heavy atom. The lowest BCUT2D eigenvalue weighted by atomic mass is 9.90. The molecule has 192 valence electrons. The first-order valence-electron chi connectivity index (χ1n) is 12.1. The van der Waals surface area contributed by atoms with Crippen molar-refractivity contribution in [1.82, 2.24) is 18.9 Å². The van der Waals surface area contributed by atoms with Gasteiger partial charge in [0.1, 0.15) is 23.1 Å². The first-order valence-corrected chi connectivity index (χ1v) is 14.4. The maximum Gasteiger partial charge on any atom is 0.269 e. The second-order valence-corrected chi connectivity index (χ2v) is 11.8. The number of hydrogen-bond donors (Lipinski definition) is 1. The molecule has 2 aromatic carbocycles. The Hall–Kier alpha value is -4.38. The summed E-state index contributed by atoms with van der Waals surface area (Å²) in [7, 11) is -3.86.